The predicted octanol–water partition coefficient (Wildman–Crippen LogP) is 1.33. The second kappa shape index (κ2) is 2.68. The third-order valence-corrected chi connectivity index (χ3v) is 1.81. The number of aromatic nitrogens is 1. The highest BCUT2D eigenvalue weighted by Crippen LogP contribution is 2.09. The maximum absolute atomic E-state index is 10.9. The molecule has 0 amide bonds. The van der Waals surface area contributed by atoms with Crippen LogP contribution in [-0.2, 0) is 7.05 Å². The van der Waals surface area contributed by atoms with E-state index in [9.17, 15) is 4.79 Å². The van der Waals surface area contributed by atoms with Gasteiger partial charge in [-0.2, -0.15) is 0 Å². The first-order valence-corrected chi connectivity index (χ1v) is 3.49. The Hall–Kier alpha value is -0.410. The zero-order valence-electron chi connectivity index (χ0n) is 5.34. The average Bonchev–Trinajstić information content (AvgIpc) is 1.82. The Kier molecular flexibility index (Phi) is 2.06. The Morgan fingerprint density at radius 2 is 2.20 bits per heavy atom. The van der Waals surface area contributed by atoms with Crippen molar-refractivity contribution in [1.29, 1.82) is 0 Å². The molecule has 0 aliphatic heterocycles. The number of nitrogens with zero attached hydrogens (tertiary/aromatic N) is 1. The van der Waals surface area contributed by atoms with Crippen molar-refractivity contribution >= 4 is 24.2 Å². The van der Waals surface area contributed by atoms with Crippen LogP contribution in [0, 0.1) is 0 Å². The number of rotatable bonds is 0. The Labute approximate surface area is 68.8 Å². The topological polar surface area (TPSA) is 22.0 Å². The third kappa shape index (κ3) is 1.36. The highest BCUT2D eigenvalue weighted by molar-refractivity contribution is 7.80. The minimum Gasteiger partial charge on any atom is -0.302 e. The van der Waals surface area contributed by atoms with Crippen LogP contribution in [0.3, 0.4) is 0 Å². The molecule has 0 spiro atoms. The lowest BCUT2D eigenvalue weighted by molar-refractivity contribution is 0.851. The largest absolute Gasteiger partial charge is 0.302 e. The maximum Gasteiger partial charge on any atom is 0.252 e. The molecule has 0 fully saturated rings. The molecule has 0 aliphatic carbocycles. The van der Waals surface area contributed by atoms with Crippen LogP contribution >= 0.6 is 24.2 Å². The van der Waals surface area contributed by atoms with Crippen molar-refractivity contribution < 1.29 is 0 Å². The summed E-state index contributed by atoms with van der Waals surface area (Å²) < 4.78 is 1.35. The van der Waals surface area contributed by atoms with Crippen LogP contribution < -0.4 is 5.56 Å². The van der Waals surface area contributed by atoms with Gasteiger partial charge in [-0.05, 0) is 6.07 Å². The van der Waals surface area contributed by atoms with Crippen molar-refractivity contribution in [3.8, 4) is 0 Å². The van der Waals surface area contributed by atoms with E-state index >= 15 is 0 Å². The molecular weight excluding hydrogens is 170 g/mol. The molecule has 1 aromatic heterocycles. The summed E-state index contributed by atoms with van der Waals surface area (Å²) in [6, 6.07) is 3.03. The molecule has 10 heavy (non-hydrogen) atoms. The van der Waals surface area contributed by atoms with E-state index < -0.39 is 0 Å². The average molecular weight is 176 g/mol. The van der Waals surface area contributed by atoms with Crippen LogP contribution in [0.5, 0.6) is 0 Å². The standard InChI is InChI=1S/C6H6ClNOS/c1-8-5(7)2-4(10)3-6(8)9/h2-3,10H,1H3. The van der Waals surface area contributed by atoms with E-state index in [1.807, 2.05) is 0 Å². The molecule has 0 bridgehead atoms. The fourth-order valence-corrected chi connectivity index (χ4v) is 1.10. The van der Waals surface area contributed by atoms with Gasteiger partial charge in [0.25, 0.3) is 5.56 Å². The van der Waals surface area contributed by atoms with Crippen LogP contribution in [0.15, 0.2) is 21.8 Å². The van der Waals surface area contributed by atoms with Crippen LogP contribution in [0.25, 0.3) is 0 Å². The van der Waals surface area contributed by atoms with Crippen LogP contribution in [-0.4, -0.2) is 4.57 Å². The van der Waals surface area contributed by atoms with Gasteiger partial charge in [-0.15, -0.1) is 12.6 Å². The molecule has 0 aliphatic rings. The number of pyridine rings is 1. The third-order valence-electron chi connectivity index (χ3n) is 1.19. The highest BCUT2D eigenvalue weighted by atomic mass is 35.5. The lowest BCUT2D eigenvalue weighted by Crippen LogP contribution is -2.15. The van der Waals surface area contributed by atoms with Gasteiger partial charge in [0.05, 0.1) is 0 Å². The first-order chi connectivity index (χ1) is 4.61. The molecule has 1 aromatic rings. The molecule has 2 nitrogen and oxygen atoms in total. The van der Waals surface area contributed by atoms with Crippen molar-refractivity contribution in [3.05, 3.63) is 27.6 Å². The van der Waals surface area contributed by atoms with Gasteiger partial charge in [0.2, 0.25) is 0 Å². The van der Waals surface area contributed by atoms with E-state index in [0.717, 1.165) is 0 Å². The summed E-state index contributed by atoms with van der Waals surface area (Å²) >= 11 is 9.61. The SMILES string of the molecule is Cn1c(Cl)cc(S)cc1=O. The molecule has 0 saturated heterocycles. The molecule has 0 radical (unpaired) electrons. The van der Waals surface area contributed by atoms with Crippen molar-refractivity contribution in [1.82, 2.24) is 4.57 Å². The molecule has 54 valence electrons. The summed E-state index contributed by atoms with van der Waals surface area (Å²) in [5, 5.41) is 0.400. The molecule has 0 aromatic carbocycles. The summed E-state index contributed by atoms with van der Waals surface area (Å²) in [7, 11) is 1.61. The molecule has 0 atom stereocenters. The van der Waals surface area contributed by atoms with E-state index in [0.29, 0.717) is 10.0 Å². The van der Waals surface area contributed by atoms with Gasteiger partial charge in [-0.3, -0.25) is 4.79 Å². The van der Waals surface area contributed by atoms with E-state index in [4.69, 9.17) is 11.6 Å². The molecule has 1 rings (SSSR count). The van der Waals surface area contributed by atoms with Gasteiger partial charge in [-0.1, -0.05) is 11.6 Å². The summed E-state index contributed by atoms with van der Waals surface area (Å²) in [5.74, 6) is 0. The Bertz CT molecular complexity index is 307. The van der Waals surface area contributed by atoms with Crippen LogP contribution in [0.4, 0.5) is 0 Å². The van der Waals surface area contributed by atoms with E-state index in [2.05, 4.69) is 12.6 Å². The zero-order valence-corrected chi connectivity index (χ0v) is 6.99. The van der Waals surface area contributed by atoms with Gasteiger partial charge < -0.3 is 4.57 Å². The summed E-state index contributed by atoms with van der Waals surface area (Å²) in [6.07, 6.45) is 0. The van der Waals surface area contributed by atoms with Crippen molar-refractivity contribution in [3.63, 3.8) is 0 Å². The first-order valence-electron chi connectivity index (χ1n) is 2.67. The molecule has 0 unspecified atom stereocenters. The molecule has 0 N–H and O–H groups in total. The normalized spacial score (nSPS) is 9.90. The second-order valence-electron chi connectivity index (χ2n) is 1.93. The fourth-order valence-electron chi connectivity index (χ4n) is 0.589. The number of hydrogen-bond donors (Lipinski definition) is 1. The predicted molar refractivity (Wildman–Crippen MR) is 43.9 cm³/mol. The summed E-state index contributed by atoms with van der Waals surface area (Å²) in [5.41, 5.74) is -0.141. The number of halogens is 1. The summed E-state index contributed by atoms with van der Waals surface area (Å²) in [6.45, 7) is 0. The molecule has 0 saturated carbocycles. The molecule has 4 heteroatoms. The maximum atomic E-state index is 10.9. The first kappa shape index (κ1) is 7.69. The van der Waals surface area contributed by atoms with E-state index in [1.54, 1.807) is 13.1 Å². The Balaban J connectivity index is 3.46. The smallest absolute Gasteiger partial charge is 0.252 e. The van der Waals surface area contributed by atoms with Gasteiger partial charge in [0, 0.05) is 18.0 Å². The van der Waals surface area contributed by atoms with Crippen molar-refractivity contribution in [2.24, 2.45) is 7.05 Å². The van der Waals surface area contributed by atoms with Gasteiger partial charge in [0.1, 0.15) is 5.15 Å². The quantitative estimate of drug-likeness (QED) is 0.467. The van der Waals surface area contributed by atoms with E-state index in [1.165, 1.54) is 10.6 Å². The lowest BCUT2D eigenvalue weighted by Gasteiger charge is -1.99. The monoisotopic (exact) mass is 175 g/mol. The summed E-state index contributed by atoms with van der Waals surface area (Å²) in [4.78, 5) is 11.5. The van der Waals surface area contributed by atoms with Gasteiger partial charge >= 0.3 is 0 Å². The molecule has 1 heterocycles. The van der Waals surface area contributed by atoms with Crippen molar-refractivity contribution in [2.75, 3.05) is 0 Å². The van der Waals surface area contributed by atoms with Crippen LogP contribution in [0.1, 0.15) is 0 Å². The minimum absolute atomic E-state index is 0.141. The Morgan fingerprint density at radius 3 is 2.70 bits per heavy atom. The fraction of sp³-hybridized carbons (Fsp3) is 0.167. The van der Waals surface area contributed by atoms with E-state index in [-0.39, 0.29) is 5.56 Å². The number of thiol groups is 1. The number of hydrogen-bond acceptors (Lipinski definition) is 2. The van der Waals surface area contributed by atoms with Crippen molar-refractivity contribution in [2.45, 2.75) is 4.90 Å². The zero-order chi connectivity index (χ0) is 7.72. The van der Waals surface area contributed by atoms with Gasteiger partial charge in [0.15, 0.2) is 0 Å². The minimum atomic E-state index is -0.141. The Morgan fingerprint density at radius 1 is 1.60 bits per heavy atom. The molecular formula is C6H6ClNOS. The lowest BCUT2D eigenvalue weighted by atomic mass is 10.5. The van der Waals surface area contributed by atoms with Crippen LogP contribution in [0.2, 0.25) is 5.15 Å². The second-order valence-corrected chi connectivity index (χ2v) is 2.84. The highest BCUT2D eigenvalue weighted by Gasteiger charge is 1.96. The van der Waals surface area contributed by atoms with Gasteiger partial charge in [-0.25, -0.2) is 0 Å².